The number of halogens is 2. The number of benzene rings is 2. The Kier molecular flexibility index (Phi) is 7.72. The van der Waals surface area contributed by atoms with Gasteiger partial charge in [0.2, 0.25) is 0 Å². The second-order valence-corrected chi connectivity index (χ2v) is 8.19. The lowest BCUT2D eigenvalue weighted by Crippen LogP contribution is -2.28. The number of carbonyl (C=O) groups excluding carboxylic acids is 2. The highest BCUT2D eigenvalue weighted by atomic mass is 35.5. The first-order chi connectivity index (χ1) is 15.3. The van der Waals surface area contributed by atoms with Crippen molar-refractivity contribution in [1.82, 2.24) is 9.88 Å². The SMILES string of the molecule is CC(=O)c1ccc(Cn2ccc(C(=O)NCCCc3ccc(Cl)c(Cl)c3)c(O)c2=O)cc1. The van der Waals surface area contributed by atoms with Crippen LogP contribution in [0.3, 0.4) is 0 Å². The van der Waals surface area contributed by atoms with Crippen molar-refractivity contribution in [2.24, 2.45) is 0 Å². The zero-order valence-corrected chi connectivity index (χ0v) is 18.9. The topological polar surface area (TPSA) is 88.4 Å². The van der Waals surface area contributed by atoms with Crippen LogP contribution in [0.4, 0.5) is 0 Å². The molecule has 2 aromatic carbocycles. The number of amides is 1. The fourth-order valence-electron chi connectivity index (χ4n) is 3.20. The molecule has 166 valence electrons. The van der Waals surface area contributed by atoms with Crippen LogP contribution in [0.5, 0.6) is 5.75 Å². The van der Waals surface area contributed by atoms with Crippen LogP contribution in [0.1, 0.15) is 45.2 Å². The number of nitrogens with zero attached hydrogens (tertiary/aromatic N) is 1. The van der Waals surface area contributed by atoms with Gasteiger partial charge in [-0.2, -0.15) is 0 Å². The molecule has 0 spiro atoms. The third-order valence-corrected chi connectivity index (χ3v) is 5.75. The van der Waals surface area contributed by atoms with Gasteiger partial charge in [-0.25, -0.2) is 0 Å². The van der Waals surface area contributed by atoms with Gasteiger partial charge in [0.15, 0.2) is 11.5 Å². The molecule has 8 heteroatoms. The minimum atomic E-state index is -0.663. The molecule has 1 amide bonds. The van der Waals surface area contributed by atoms with Crippen molar-refractivity contribution in [3.05, 3.63) is 97.4 Å². The van der Waals surface area contributed by atoms with Crippen molar-refractivity contribution in [1.29, 1.82) is 0 Å². The highest BCUT2D eigenvalue weighted by molar-refractivity contribution is 6.42. The van der Waals surface area contributed by atoms with Crippen molar-refractivity contribution < 1.29 is 14.7 Å². The summed E-state index contributed by atoms with van der Waals surface area (Å²) in [6.45, 7) is 2.05. The van der Waals surface area contributed by atoms with Gasteiger partial charge < -0.3 is 15.0 Å². The number of ketones is 1. The molecule has 0 aliphatic carbocycles. The first kappa shape index (κ1) is 23.6. The first-order valence-electron chi connectivity index (χ1n) is 10.0. The van der Waals surface area contributed by atoms with E-state index in [0.29, 0.717) is 35.0 Å². The normalized spacial score (nSPS) is 10.7. The zero-order valence-electron chi connectivity index (χ0n) is 17.4. The van der Waals surface area contributed by atoms with Crippen molar-refractivity contribution in [3.63, 3.8) is 0 Å². The lowest BCUT2D eigenvalue weighted by atomic mass is 10.1. The van der Waals surface area contributed by atoms with Gasteiger partial charge in [0.25, 0.3) is 11.5 Å². The second kappa shape index (κ2) is 10.5. The van der Waals surface area contributed by atoms with E-state index in [9.17, 15) is 19.5 Å². The van der Waals surface area contributed by atoms with Crippen LogP contribution in [0.15, 0.2) is 59.5 Å². The highest BCUT2D eigenvalue weighted by Crippen LogP contribution is 2.23. The maximum absolute atomic E-state index is 12.5. The summed E-state index contributed by atoms with van der Waals surface area (Å²) in [5, 5.41) is 13.9. The maximum Gasteiger partial charge on any atom is 0.293 e. The number of carbonyl (C=O) groups is 2. The summed E-state index contributed by atoms with van der Waals surface area (Å²) >= 11 is 11.9. The number of aromatic nitrogens is 1. The summed E-state index contributed by atoms with van der Waals surface area (Å²) in [7, 11) is 0. The van der Waals surface area contributed by atoms with Crippen LogP contribution in [0.25, 0.3) is 0 Å². The monoisotopic (exact) mass is 472 g/mol. The average Bonchev–Trinajstić information content (AvgIpc) is 2.77. The molecule has 3 rings (SSSR count). The van der Waals surface area contributed by atoms with E-state index >= 15 is 0 Å². The smallest absolute Gasteiger partial charge is 0.293 e. The van der Waals surface area contributed by atoms with E-state index in [0.717, 1.165) is 11.1 Å². The number of aryl methyl sites for hydroxylation is 1. The van der Waals surface area contributed by atoms with Gasteiger partial charge >= 0.3 is 0 Å². The largest absolute Gasteiger partial charge is 0.502 e. The lowest BCUT2D eigenvalue weighted by Gasteiger charge is -2.11. The molecule has 1 heterocycles. The number of rotatable bonds is 8. The number of pyridine rings is 1. The standard InChI is InChI=1S/C24H22Cl2N2O4/c1-15(29)18-7-4-17(5-8-18)14-28-12-10-19(22(30)24(28)32)23(31)27-11-2-3-16-6-9-20(25)21(26)13-16/h4-10,12-13,30H,2-3,11,14H2,1H3,(H,27,31). The molecule has 0 bridgehead atoms. The van der Waals surface area contributed by atoms with E-state index in [1.807, 2.05) is 6.07 Å². The number of hydrogen-bond acceptors (Lipinski definition) is 4. The molecule has 2 N–H and O–H groups in total. The average molecular weight is 473 g/mol. The molecule has 3 aromatic rings. The van der Waals surface area contributed by atoms with Crippen LogP contribution < -0.4 is 10.9 Å². The summed E-state index contributed by atoms with van der Waals surface area (Å²) in [5.41, 5.74) is 1.62. The maximum atomic E-state index is 12.5. The fraction of sp³-hybridized carbons (Fsp3) is 0.208. The Bertz CT molecular complexity index is 1200. The predicted molar refractivity (Wildman–Crippen MR) is 125 cm³/mol. The molecule has 6 nitrogen and oxygen atoms in total. The van der Waals surface area contributed by atoms with E-state index in [4.69, 9.17) is 23.2 Å². The van der Waals surface area contributed by atoms with Crippen LogP contribution in [0, 0.1) is 0 Å². The highest BCUT2D eigenvalue weighted by Gasteiger charge is 2.15. The number of hydrogen-bond donors (Lipinski definition) is 2. The van der Waals surface area contributed by atoms with E-state index < -0.39 is 17.2 Å². The molecular formula is C24H22Cl2N2O4. The molecule has 0 saturated carbocycles. The Labute approximate surface area is 195 Å². The molecule has 0 aliphatic heterocycles. The predicted octanol–water partition coefficient (Wildman–Crippen LogP) is 4.47. The van der Waals surface area contributed by atoms with E-state index in [1.165, 1.54) is 23.8 Å². The van der Waals surface area contributed by atoms with E-state index in [1.54, 1.807) is 36.4 Å². The van der Waals surface area contributed by atoms with Crippen LogP contribution in [-0.2, 0) is 13.0 Å². The minimum Gasteiger partial charge on any atom is -0.502 e. The molecule has 0 saturated heterocycles. The third kappa shape index (κ3) is 5.78. The molecular weight excluding hydrogens is 451 g/mol. The van der Waals surface area contributed by atoms with Crippen molar-refractivity contribution in [3.8, 4) is 5.75 Å². The van der Waals surface area contributed by atoms with Gasteiger partial charge in [-0.05, 0) is 49.1 Å². The van der Waals surface area contributed by atoms with Crippen molar-refractivity contribution in [2.45, 2.75) is 26.3 Å². The Balaban J connectivity index is 1.59. The number of Topliss-reactive ketones (excluding diaryl/α,β-unsaturated/α-hetero) is 1. The summed E-state index contributed by atoms with van der Waals surface area (Å²) in [6.07, 6.45) is 2.80. The minimum absolute atomic E-state index is 0.0429. The molecule has 0 unspecified atom stereocenters. The third-order valence-electron chi connectivity index (χ3n) is 5.01. The van der Waals surface area contributed by atoms with E-state index in [2.05, 4.69) is 5.32 Å². The molecule has 0 radical (unpaired) electrons. The van der Waals surface area contributed by atoms with E-state index in [-0.39, 0.29) is 17.9 Å². The summed E-state index contributed by atoms with van der Waals surface area (Å²) < 4.78 is 1.30. The lowest BCUT2D eigenvalue weighted by molar-refractivity contribution is 0.0949. The Hall–Kier alpha value is -3.09. The summed E-state index contributed by atoms with van der Waals surface area (Å²) in [5.74, 6) is -1.17. The van der Waals surface area contributed by atoms with Crippen molar-refractivity contribution >= 4 is 34.9 Å². The number of aromatic hydroxyl groups is 1. The van der Waals surface area contributed by atoms with Gasteiger partial charge in [0, 0.05) is 18.3 Å². The van der Waals surface area contributed by atoms with Gasteiger partial charge in [-0.15, -0.1) is 0 Å². The molecule has 32 heavy (non-hydrogen) atoms. The Morgan fingerprint density at radius 1 is 1.00 bits per heavy atom. The van der Waals surface area contributed by atoms with Gasteiger partial charge in [-0.3, -0.25) is 14.4 Å². The molecule has 0 aliphatic rings. The van der Waals surface area contributed by atoms with Crippen LogP contribution in [-0.4, -0.2) is 27.9 Å². The fourth-order valence-corrected chi connectivity index (χ4v) is 3.52. The molecule has 0 atom stereocenters. The van der Waals surface area contributed by atoms with Gasteiger partial charge in [0.05, 0.1) is 22.2 Å². The van der Waals surface area contributed by atoms with Gasteiger partial charge in [0.1, 0.15) is 0 Å². The second-order valence-electron chi connectivity index (χ2n) is 7.37. The van der Waals surface area contributed by atoms with Crippen molar-refractivity contribution in [2.75, 3.05) is 6.54 Å². The Morgan fingerprint density at radius 3 is 2.34 bits per heavy atom. The molecule has 1 aromatic heterocycles. The zero-order chi connectivity index (χ0) is 23.3. The first-order valence-corrected chi connectivity index (χ1v) is 10.8. The summed E-state index contributed by atoms with van der Waals surface area (Å²) in [4.78, 5) is 36.3. The van der Waals surface area contributed by atoms with Crippen LogP contribution >= 0.6 is 23.2 Å². The number of nitrogens with one attached hydrogen (secondary N) is 1. The molecule has 0 fully saturated rings. The Morgan fingerprint density at radius 2 is 1.69 bits per heavy atom. The quantitative estimate of drug-likeness (QED) is 0.373. The summed E-state index contributed by atoms with van der Waals surface area (Å²) in [6, 6.07) is 13.6. The van der Waals surface area contributed by atoms with Crippen LogP contribution in [0.2, 0.25) is 10.0 Å². The van der Waals surface area contributed by atoms with Gasteiger partial charge in [-0.1, -0.05) is 53.5 Å².